The first-order chi connectivity index (χ1) is 8.11. The summed E-state index contributed by atoms with van der Waals surface area (Å²) in [7, 11) is 0. The van der Waals surface area contributed by atoms with E-state index in [1.54, 1.807) is 6.07 Å². The van der Waals surface area contributed by atoms with Crippen molar-refractivity contribution in [2.75, 3.05) is 5.32 Å². The zero-order valence-electron chi connectivity index (χ0n) is 10.00. The first-order valence-electron chi connectivity index (χ1n) is 5.66. The summed E-state index contributed by atoms with van der Waals surface area (Å²) in [5, 5.41) is 4.08. The van der Waals surface area contributed by atoms with Crippen LogP contribution in [0.5, 0.6) is 0 Å². The number of anilines is 1. The number of rotatable bonds is 3. The molecule has 1 aromatic heterocycles. The van der Waals surface area contributed by atoms with Crippen LogP contribution in [0.25, 0.3) is 10.9 Å². The molecule has 90 valence electrons. The molecule has 0 radical (unpaired) electrons. The molecule has 2 aromatic rings. The van der Waals surface area contributed by atoms with Gasteiger partial charge < -0.3 is 11.1 Å². The van der Waals surface area contributed by atoms with E-state index in [1.165, 1.54) is 6.07 Å². The Morgan fingerprint density at radius 2 is 2.18 bits per heavy atom. The molecule has 0 amide bonds. The van der Waals surface area contributed by atoms with Crippen LogP contribution in [0.2, 0.25) is 0 Å². The standard InChI is InChI=1S/C13H16FN3/c1-8(2)16-12-6-9(7-15)17-13-10(12)4-3-5-11(13)14/h3-6,8H,7,15H2,1-2H3,(H,16,17). The van der Waals surface area contributed by atoms with Crippen molar-refractivity contribution >= 4 is 16.6 Å². The second-order valence-electron chi connectivity index (χ2n) is 4.30. The Morgan fingerprint density at radius 1 is 1.41 bits per heavy atom. The van der Waals surface area contributed by atoms with Crippen LogP contribution in [0, 0.1) is 5.82 Å². The molecule has 1 heterocycles. The fourth-order valence-corrected chi connectivity index (χ4v) is 1.80. The molecule has 0 aliphatic rings. The maximum Gasteiger partial charge on any atom is 0.149 e. The van der Waals surface area contributed by atoms with Gasteiger partial charge in [0, 0.05) is 23.7 Å². The lowest BCUT2D eigenvalue weighted by Crippen LogP contribution is -2.11. The minimum Gasteiger partial charge on any atom is -0.382 e. The third kappa shape index (κ3) is 2.36. The van der Waals surface area contributed by atoms with Gasteiger partial charge >= 0.3 is 0 Å². The molecule has 0 fully saturated rings. The summed E-state index contributed by atoms with van der Waals surface area (Å²) >= 11 is 0. The van der Waals surface area contributed by atoms with Crippen molar-refractivity contribution in [1.82, 2.24) is 4.98 Å². The van der Waals surface area contributed by atoms with Crippen LogP contribution in [-0.2, 0) is 6.54 Å². The number of benzene rings is 1. The van der Waals surface area contributed by atoms with E-state index in [-0.39, 0.29) is 11.9 Å². The van der Waals surface area contributed by atoms with Gasteiger partial charge in [0.05, 0.1) is 5.69 Å². The number of nitrogens with zero attached hydrogens (tertiary/aromatic N) is 1. The molecule has 3 N–H and O–H groups in total. The van der Waals surface area contributed by atoms with Gasteiger partial charge in [-0.1, -0.05) is 12.1 Å². The molecular formula is C13H16FN3. The molecule has 0 aliphatic carbocycles. The molecule has 3 nitrogen and oxygen atoms in total. The number of aromatic nitrogens is 1. The highest BCUT2D eigenvalue weighted by molar-refractivity contribution is 5.91. The average Bonchev–Trinajstić information content (AvgIpc) is 2.29. The van der Waals surface area contributed by atoms with Crippen molar-refractivity contribution < 1.29 is 4.39 Å². The van der Waals surface area contributed by atoms with Crippen molar-refractivity contribution in [1.29, 1.82) is 0 Å². The summed E-state index contributed by atoms with van der Waals surface area (Å²) in [4.78, 5) is 4.22. The predicted octanol–water partition coefficient (Wildman–Crippen LogP) is 2.65. The van der Waals surface area contributed by atoms with Crippen LogP contribution in [0.1, 0.15) is 19.5 Å². The maximum atomic E-state index is 13.7. The number of nitrogens with two attached hydrogens (primary N) is 1. The van der Waals surface area contributed by atoms with E-state index >= 15 is 0 Å². The number of nitrogens with one attached hydrogen (secondary N) is 1. The Kier molecular flexibility index (Phi) is 3.24. The summed E-state index contributed by atoms with van der Waals surface area (Å²) in [5.74, 6) is -0.315. The fourth-order valence-electron chi connectivity index (χ4n) is 1.80. The predicted molar refractivity (Wildman–Crippen MR) is 68.4 cm³/mol. The van der Waals surface area contributed by atoms with Gasteiger partial charge in [-0.2, -0.15) is 0 Å². The van der Waals surface area contributed by atoms with E-state index in [0.717, 1.165) is 11.1 Å². The number of hydrogen-bond acceptors (Lipinski definition) is 3. The Hall–Kier alpha value is -1.68. The molecule has 0 atom stereocenters. The molecule has 0 spiro atoms. The Morgan fingerprint density at radius 3 is 2.82 bits per heavy atom. The summed E-state index contributed by atoms with van der Waals surface area (Å²) in [6.45, 7) is 4.37. The van der Waals surface area contributed by atoms with Gasteiger partial charge in [-0.05, 0) is 26.0 Å². The molecule has 2 rings (SSSR count). The first kappa shape index (κ1) is 11.8. The summed E-state index contributed by atoms with van der Waals surface area (Å²) in [6, 6.07) is 7.11. The highest BCUT2D eigenvalue weighted by Crippen LogP contribution is 2.25. The van der Waals surface area contributed by atoms with Crippen molar-refractivity contribution in [2.24, 2.45) is 5.73 Å². The van der Waals surface area contributed by atoms with Crippen LogP contribution >= 0.6 is 0 Å². The molecular weight excluding hydrogens is 217 g/mol. The van der Waals surface area contributed by atoms with Crippen molar-refractivity contribution in [3.8, 4) is 0 Å². The molecule has 0 aliphatic heterocycles. The van der Waals surface area contributed by atoms with Gasteiger partial charge in [-0.25, -0.2) is 9.37 Å². The number of para-hydroxylation sites is 1. The molecule has 1 aromatic carbocycles. The lowest BCUT2D eigenvalue weighted by Gasteiger charge is -2.14. The van der Waals surface area contributed by atoms with Crippen LogP contribution in [-0.4, -0.2) is 11.0 Å². The minimum atomic E-state index is -0.315. The van der Waals surface area contributed by atoms with Crippen molar-refractivity contribution in [3.05, 3.63) is 35.8 Å². The van der Waals surface area contributed by atoms with Gasteiger partial charge in [-0.15, -0.1) is 0 Å². The molecule has 4 heteroatoms. The lowest BCUT2D eigenvalue weighted by atomic mass is 10.1. The molecule has 0 bridgehead atoms. The monoisotopic (exact) mass is 233 g/mol. The quantitative estimate of drug-likeness (QED) is 0.856. The van der Waals surface area contributed by atoms with Crippen molar-refractivity contribution in [3.63, 3.8) is 0 Å². The van der Waals surface area contributed by atoms with Gasteiger partial charge in [-0.3, -0.25) is 0 Å². The topological polar surface area (TPSA) is 50.9 Å². The van der Waals surface area contributed by atoms with E-state index in [2.05, 4.69) is 10.3 Å². The molecule has 0 saturated carbocycles. The SMILES string of the molecule is CC(C)Nc1cc(CN)nc2c(F)cccc12. The van der Waals surface area contributed by atoms with Crippen LogP contribution in [0.15, 0.2) is 24.3 Å². The third-order valence-electron chi connectivity index (χ3n) is 2.50. The third-order valence-corrected chi connectivity index (χ3v) is 2.50. The molecule has 0 unspecified atom stereocenters. The smallest absolute Gasteiger partial charge is 0.149 e. The minimum absolute atomic E-state index is 0.273. The second kappa shape index (κ2) is 4.67. The van der Waals surface area contributed by atoms with Crippen molar-refractivity contribution in [2.45, 2.75) is 26.4 Å². The van der Waals surface area contributed by atoms with E-state index in [0.29, 0.717) is 17.8 Å². The normalized spacial score (nSPS) is 11.1. The van der Waals surface area contributed by atoms with Gasteiger partial charge in [0.2, 0.25) is 0 Å². The van der Waals surface area contributed by atoms with E-state index in [9.17, 15) is 4.39 Å². The van der Waals surface area contributed by atoms with Gasteiger partial charge in [0.1, 0.15) is 11.3 Å². The molecule has 17 heavy (non-hydrogen) atoms. The Bertz CT molecular complexity index is 537. The maximum absolute atomic E-state index is 13.7. The molecule has 0 saturated heterocycles. The van der Waals surface area contributed by atoms with E-state index in [4.69, 9.17) is 5.73 Å². The highest BCUT2D eigenvalue weighted by atomic mass is 19.1. The lowest BCUT2D eigenvalue weighted by molar-refractivity contribution is 0.636. The summed E-state index contributed by atoms with van der Waals surface area (Å²) < 4.78 is 13.7. The Labute approximate surface area is 99.8 Å². The van der Waals surface area contributed by atoms with Crippen LogP contribution in [0.4, 0.5) is 10.1 Å². The first-order valence-corrected chi connectivity index (χ1v) is 5.66. The van der Waals surface area contributed by atoms with Gasteiger partial charge in [0.25, 0.3) is 0 Å². The van der Waals surface area contributed by atoms with E-state index < -0.39 is 0 Å². The largest absolute Gasteiger partial charge is 0.382 e. The van der Waals surface area contributed by atoms with Crippen LogP contribution < -0.4 is 11.1 Å². The second-order valence-corrected chi connectivity index (χ2v) is 4.30. The average molecular weight is 233 g/mol. The van der Waals surface area contributed by atoms with Crippen LogP contribution in [0.3, 0.4) is 0 Å². The number of fused-ring (bicyclic) bond motifs is 1. The van der Waals surface area contributed by atoms with Gasteiger partial charge in [0.15, 0.2) is 0 Å². The number of pyridine rings is 1. The Balaban J connectivity index is 2.67. The summed E-state index contributed by atoms with van der Waals surface area (Å²) in [6.07, 6.45) is 0. The fraction of sp³-hybridized carbons (Fsp3) is 0.308. The van der Waals surface area contributed by atoms with E-state index in [1.807, 2.05) is 26.0 Å². The number of halogens is 1. The summed E-state index contributed by atoms with van der Waals surface area (Å²) in [5.41, 5.74) is 7.52. The number of hydrogen-bond donors (Lipinski definition) is 2. The highest BCUT2D eigenvalue weighted by Gasteiger charge is 2.09. The zero-order chi connectivity index (χ0) is 12.4. The zero-order valence-corrected chi connectivity index (χ0v) is 10.00.